The Morgan fingerprint density at radius 3 is 1.27 bits per heavy atom. The molecule has 0 aliphatic carbocycles. The summed E-state index contributed by atoms with van der Waals surface area (Å²) in [5.74, 6) is 0.540. The van der Waals surface area contributed by atoms with Gasteiger partial charge in [-0.25, -0.2) is 0 Å². The first-order valence-corrected chi connectivity index (χ1v) is 11.1. The maximum atomic E-state index is 13.0. The van der Waals surface area contributed by atoms with Crippen LogP contribution in [0.4, 0.5) is 0 Å². The topological polar surface area (TPSA) is 43.0 Å². The number of nitrogens with one attached hydrogen (secondary N) is 2. The van der Waals surface area contributed by atoms with E-state index in [0.717, 1.165) is 49.9 Å². The van der Waals surface area contributed by atoms with Gasteiger partial charge >= 0.3 is 0 Å². The summed E-state index contributed by atoms with van der Waals surface area (Å²) >= 11 is 0. The van der Waals surface area contributed by atoms with E-state index in [1.165, 1.54) is 9.80 Å². The van der Waals surface area contributed by atoms with Crippen molar-refractivity contribution in [3.05, 3.63) is 71.8 Å². The molecule has 2 rings (SSSR count). The average Bonchev–Trinajstić information content (AvgIpc) is 2.74. The minimum atomic E-state index is 0.0279. The lowest BCUT2D eigenvalue weighted by molar-refractivity contribution is -0.861. The molecule has 162 valence electrons. The lowest BCUT2D eigenvalue weighted by Crippen LogP contribution is -3.06. The zero-order valence-electron chi connectivity index (χ0n) is 19.0. The largest absolute Gasteiger partial charge is 0.339 e. The summed E-state index contributed by atoms with van der Waals surface area (Å²) < 4.78 is 0. The highest BCUT2D eigenvalue weighted by molar-refractivity contribution is 5.98. The molecular weight excluding hydrogens is 372 g/mol. The molecule has 0 spiro atoms. The highest BCUT2D eigenvalue weighted by Gasteiger charge is 2.25. The van der Waals surface area contributed by atoms with Crippen molar-refractivity contribution in [3.63, 3.8) is 0 Å². The second kappa shape index (κ2) is 12.4. The normalized spacial score (nSPS) is 13.4. The summed E-state index contributed by atoms with van der Waals surface area (Å²) in [6.07, 6.45) is 3.69. The van der Waals surface area contributed by atoms with Gasteiger partial charge in [0.1, 0.15) is 0 Å². The Kier molecular flexibility index (Phi) is 9.92. The SMILES string of the molecule is C[NH+](C)C[C@@H](CCCC[C@H](C[NH+](C)C)C(=O)c1ccccc1)C(=O)c1ccccc1. The van der Waals surface area contributed by atoms with E-state index >= 15 is 0 Å². The molecule has 2 atom stereocenters. The predicted molar refractivity (Wildman–Crippen MR) is 122 cm³/mol. The minimum Gasteiger partial charge on any atom is -0.339 e. The van der Waals surface area contributed by atoms with Crippen LogP contribution >= 0.6 is 0 Å². The van der Waals surface area contributed by atoms with Crippen LogP contribution in [-0.2, 0) is 0 Å². The van der Waals surface area contributed by atoms with Crippen LogP contribution in [0.15, 0.2) is 60.7 Å². The Hall–Kier alpha value is -2.30. The Labute approximate surface area is 181 Å². The Balaban J connectivity index is 1.95. The van der Waals surface area contributed by atoms with Crippen molar-refractivity contribution < 1.29 is 19.4 Å². The van der Waals surface area contributed by atoms with Crippen LogP contribution in [0.5, 0.6) is 0 Å². The summed E-state index contributed by atoms with van der Waals surface area (Å²) in [6, 6.07) is 19.2. The zero-order chi connectivity index (χ0) is 21.9. The third-order valence-electron chi connectivity index (χ3n) is 5.52. The first-order valence-electron chi connectivity index (χ1n) is 11.1. The van der Waals surface area contributed by atoms with Gasteiger partial charge in [-0.15, -0.1) is 0 Å². The molecule has 0 saturated heterocycles. The number of Topliss-reactive ketones (excluding diaryl/α,β-unsaturated/α-hetero) is 2. The van der Waals surface area contributed by atoms with E-state index in [1.807, 2.05) is 60.7 Å². The van der Waals surface area contributed by atoms with Crippen molar-refractivity contribution in [2.45, 2.75) is 25.7 Å². The van der Waals surface area contributed by atoms with Crippen LogP contribution in [0.3, 0.4) is 0 Å². The molecule has 0 unspecified atom stereocenters. The smallest absolute Gasteiger partial charge is 0.171 e. The molecule has 2 aromatic carbocycles. The van der Waals surface area contributed by atoms with Gasteiger partial charge in [0.2, 0.25) is 0 Å². The van der Waals surface area contributed by atoms with Gasteiger partial charge in [0.25, 0.3) is 0 Å². The molecule has 0 saturated carbocycles. The number of rotatable bonds is 13. The number of carbonyl (C=O) groups is 2. The molecule has 4 heteroatoms. The zero-order valence-corrected chi connectivity index (χ0v) is 19.0. The lowest BCUT2D eigenvalue weighted by Gasteiger charge is -2.20. The number of hydrogen-bond donors (Lipinski definition) is 2. The molecule has 0 aliphatic rings. The van der Waals surface area contributed by atoms with E-state index in [2.05, 4.69) is 28.2 Å². The molecule has 0 amide bonds. The van der Waals surface area contributed by atoms with Crippen molar-refractivity contribution in [2.24, 2.45) is 11.8 Å². The van der Waals surface area contributed by atoms with Crippen LogP contribution in [0.2, 0.25) is 0 Å². The van der Waals surface area contributed by atoms with Crippen LogP contribution in [0.1, 0.15) is 46.4 Å². The number of ketones is 2. The van der Waals surface area contributed by atoms with Crippen molar-refractivity contribution in [1.29, 1.82) is 0 Å². The van der Waals surface area contributed by atoms with Gasteiger partial charge in [-0.1, -0.05) is 73.5 Å². The Morgan fingerprint density at radius 2 is 0.967 bits per heavy atom. The number of quaternary nitrogens is 2. The molecule has 2 aromatic rings. The molecule has 0 bridgehead atoms. The Morgan fingerprint density at radius 1 is 0.633 bits per heavy atom. The molecule has 30 heavy (non-hydrogen) atoms. The molecule has 0 heterocycles. The van der Waals surface area contributed by atoms with Crippen molar-refractivity contribution >= 4 is 11.6 Å². The molecule has 2 N–H and O–H groups in total. The highest BCUT2D eigenvalue weighted by atomic mass is 16.1. The number of benzene rings is 2. The molecule has 0 aromatic heterocycles. The van der Waals surface area contributed by atoms with Crippen LogP contribution in [-0.4, -0.2) is 52.8 Å². The highest BCUT2D eigenvalue weighted by Crippen LogP contribution is 2.19. The first-order chi connectivity index (χ1) is 14.4. The fourth-order valence-corrected chi connectivity index (χ4v) is 4.10. The summed E-state index contributed by atoms with van der Waals surface area (Å²) in [4.78, 5) is 28.5. The van der Waals surface area contributed by atoms with Crippen LogP contribution in [0, 0.1) is 11.8 Å². The third-order valence-corrected chi connectivity index (χ3v) is 5.52. The van der Waals surface area contributed by atoms with Gasteiger partial charge < -0.3 is 9.80 Å². The van der Waals surface area contributed by atoms with E-state index in [9.17, 15) is 9.59 Å². The summed E-state index contributed by atoms with van der Waals surface area (Å²) in [5, 5.41) is 0. The van der Waals surface area contributed by atoms with Gasteiger partial charge in [0.15, 0.2) is 11.6 Å². The number of unbranched alkanes of at least 4 members (excludes halogenated alkanes) is 1. The van der Waals surface area contributed by atoms with E-state index in [-0.39, 0.29) is 23.4 Å². The van der Waals surface area contributed by atoms with E-state index < -0.39 is 0 Å². The molecule has 0 fully saturated rings. The van der Waals surface area contributed by atoms with Crippen molar-refractivity contribution in [3.8, 4) is 0 Å². The van der Waals surface area contributed by atoms with Gasteiger partial charge in [-0.05, 0) is 12.8 Å². The maximum absolute atomic E-state index is 13.0. The second-order valence-corrected chi connectivity index (χ2v) is 8.96. The fraction of sp³-hybridized carbons (Fsp3) is 0.462. The standard InChI is InChI=1S/C26H36N2O2/c1-27(2)19-23(25(29)21-13-7-5-8-14-21)17-11-12-18-24(20-28(3)4)26(30)22-15-9-6-10-16-22/h5-10,13-16,23-24H,11-12,17-20H2,1-4H3/p+2/t23-,24-/m1/s1. The summed E-state index contributed by atoms with van der Waals surface area (Å²) in [5.41, 5.74) is 1.61. The van der Waals surface area contributed by atoms with Crippen molar-refractivity contribution in [1.82, 2.24) is 0 Å². The van der Waals surface area contributed by atoms with Crippen LogP contribution in [0.25, 0.3) is 0 Å². The van der Waals surface area contributed by atoms with Crippen LogP contribution < -0.4 is 9.80 Å². The fourth-order valence-electron chi connectivity index (χ4n) is 4.10. The number of hydrogen-bond acceptors (Lipinski definition) is 2. The predicted octanol–water partition coefficient (Wildman–Crippen LogP) is 1.83. The monoisotopic (exact) mass is 410 g/mol. The molecular formula is C26H38N2O2+2. The molecule has 4 nitrogen and oxygen atoms in total. The molecule has 0 radical (unpaired) electrons. The first kappa shape index (κ1) is 24.0. The van der Waals surface area contributed by atoms with E-state index in [4.69, 9.17) is 0 Å². The van der Waals surface area contributed by atoms with Gasteiger partial charge in [-0.3, -0.25) is 9.59 Å². The van der Waals surface area contributed by atoms with Gasteiger partial charge in [0.05, 0.1) is 53.1 Å². The lowest BCUT2D eigenvalue weighted by atomic mass is 9.88. The average molecular weight is 411 g/mol. The van der Waals surface area contributed by atoms with E-state index in [1.54, 1.807) is 0 Å². The Bertz CT molecular complexity index is 705. The van der Waals surface area contributed by atoms with Gasteiger partial charge in [-0.2, -0.15) is 0 Å². The number of carbonyl (C=O) groups excluding carboxylic acids is 2. The van der Waals surface area contributed by atoms with E-state index in [0.29, 0.717) is 0 Å². The maximum Gasteiger partial charge on any atom is 0.171 e. The second-order valence-electron chi connectivity index (χ2n) is 8.96. The van der Waals surface area contributed by atoms with Gasteiger partial charge in [0, 0.05) is 11.1 Å². The summed E-state index contributed by atoms with van der Waals surface area (Å²) in [6.45, 7) is 1.67. The summed E-state index contributed by atoms with van der Waals surface area (Å²) in [7, 11) is 8.39. The quantitative estimate of drug-likeness (QED) is 0.391. The minimum absolute atomic E-state index is 0.0279. The van der Waals surface area contributed by atoms with Crippen molar-refractivity contribution in [2.75, 3.05) is 41.3 Å². The third kappa shape index (κ3) is 7.85. The molecule has 0 aliphatic heterocycles.